The maximum absolute atomic E-state index is 11.2. The zero-order chi connectivity index (χ0) is 14.2. The van der Waals surface area contributed by atoms with Gasteiger partial charge in [-0.25, -0.2) is 0 Å². The average Bonchev–Trinajstić information content (AvgIpc) is 2.75. The number of rotatable bonds is 3. The van der Waals surface area contributed by atoms with Crippen LogP contribution >= 0.6 is 0 Å². The van der Waals surface area contributed by atoms with Crippen LogP contribution in [0.2, 0.25) is 0 Å². The Bertz CT molecular complexity index is 644. The molecule has 2 aromatic rings. The SMILES string of the molecule is Cc1c([N+](=O)[O-])cc(-c2cno[n+]2[O-])cc1[N+](=O)[O-]. The molecule has 1 aromatic carbocycles. The fourth-order valence-electron chi connectivity index (χ4n) is 1.60. The van der Waals surface area contributed by atoms with E-state index < -0.39 is 21.2 Å². The molecule has 0 radical (unpaired) electrons. The monoisotopic (exact) mass is 266 g/mol. The van der Waals surface area contributed by atoms with Crippen LogP contribution in [0.1, 0.15) is 5.56 Å². The summed E-state index contributed by atoms with van der Waals surface area (Å²) in [6.07, 6.45) is 1.02. The summed E-state index contributed by atoms with van der Waals surface area (Å²) in [6.45, 7) is 1.26. The third kappa shape index (κ3) is 2.06. The van der Waals surface area contributed by atoms with Gasteiger partial charge in [-0.15, -0.1) is 0 Å². The predicted molar refractivity (Wildman–Crippen MR) is 58.9 cm³/mol. The number of nitro groups is 2. The number of benzene rings is 1. The molecule has 0 saturated heterocycles. The Hall–Kier alpha value is -3.04. The van der Waals surface area contributed by atoms with Crippen molar-refractivity contribution < 1.29 is 19.4 Å². The van der Waals surface area contributed by atoms with Gasteiger partial charge in [-0.2, -0.15) is 0 Å². The molecule has 1 heterocycles. The van der Waals surface area contributed by atoms with Gasteiger partial charge in [-0.3, -0.25) is 24.9 Å². The lowest BCUT2D eigenvalue weighted by Crippen LogP contribution is -2.25. The van der Waals surface area contributed by atoms with E-state index in [0.29, 0.717) is 0 Å². The van der Waals surface area contributed by atoms with Gasteiger partial charge in [0.1, 0.15) is 5.56 Å². The highest BCUT2D eigenvalue weighted by Crippen LogP contribution is 2.32. The zero-order valence-corrected chi connectivity index (χ0v) is 9.47. The second kappa shape index (κ2) is 4.33. The predicted octanol–water partition coefficient (Wildman–Crippen LogP) is 1.10. The first-order chi connectivity index (χ1) is 8.91. The van der Waals surface area contributed by atoms with Crippen molar-refractivity contribution in [3.63, 3.8) is 0 Å². The third-order valence-corrected chi connectivity index (χ3v) is 2.54. The molecule has 0 fully saturated rings. The summed E-state index contributed by atoms with van der Waals surface area (Å²) in [4.78, 5) is 20.2. The van der Waals surface area contributed by atoms with E-state index in [2.05, 4.69) is 9.79 Å². The van der Waals surface area contributed by atoms with E-state index in [4.69, 9.17) is 0 Å². The van der Waals surface area contributed by atoms with Crippen LogP contribution in [0.3, 0.4) is 0 Å². The minimum absolute atomic E-state index is 0.0120. The third-order valence-electron chi connectivity index (χ3n) is 2.54. The van der Waals surface area contributed by atoms with E-state index >= 15 is 0 Å². The summed E-state index contributed by atoms with van der Waals surface area (Å²) in [5, 5.41) is 36.1. The molecule has 0 atom stereocenters. The fourth-order valence-corrected chi connectivity index (χ4v) is 1.60. The minimum atomic E-state index is -0.755. The first-order valence-electron chi connectivity index (χ1n) is 4.90. The molecular weight excluding hydrogens is 260 g/mol. The van der Waals surface area contributed by atoms with Crippen molar-refractivity contribution in [3.05, 3.63) is 49.3 Å². The number of hydrogen-bond acceptors (Lipinski definition) is 7. The van der Waals surface area contributed by atoms with Crippen molar-refractivity contribution in [2.75, 3.05) is 0 Å². The Labute approximate surface area is 104 Å². The highest BCUT2D eigenvalue weighted by molar-refractivity contribution is 5.68. The van der Waals surface area contributed by atoms with Crippen LogP contribution in [-0.4, -0.2) is 15.0 Å². The average molecular weight is 266 g/mol. The highest BCUT2D eigenvalue weighted by Gasteiger charge is 2.26. The summed E-state index contributed by atoms with van der Waals surface area (Å²) >= 11 is 0. The molecule has 10 heteroatoms. The molecule has 0 bridgehead atoms. The lowest BCUT2D eigenvalue weighted by atomic mass is 10.1. The van der Waals surface area contributed by atoms with Crippen molar-refractivity contribution >= 4 is 11.4 Å². The van der Waals surface area contributed by atoms with Crippen molar-refractivity contribution in [1.82, 2.24) is 5.16 Å². The van der Waals surface area contributed by atoms with Gasteiger partial charge in [0.25, 0.3) is 11.4 Å². The van der Waals surface area contributed by atoms with Gasteiger partial charge in [0.2, 0.25) is 11.9 Å². The largest absolute Gasteiger partial charge is 0.359 e. The molecule has 19 heavy (non-hydrogen) atoms. The molecule has 0 saturated carbocycles. The van der Waals surface area contributed by atoms with Gasteiger partial charge >= 0.3 is 0 Å². The smallest absolute Gasteiger partial charge is 0.279 e. The van der Waals surface area contributed by atoms with Gasteiger partial charge in [0.15, 0.2) is 0 Å². The maximum atomic E-state index is 11.2. The molecule has 10 nitrogen and oxygen atoms in total. The summed E-state index contributed by atoms with van der Waals surface area (Å²) in [5.74, 6) is 0. The summed E-state index contributed by atoms with van der Waals surface area (Å²) in [5.41, 5.74) is -1.16. The second-order valence-electron chi connectivity index (χ2n) is 3.61. The highest BCUT2D eigenvalue weighted by atomic mass is 16.8. The topological polar surface area (TPSA) is 139 Å². The van der Waals surface area contributed by atoms with E-state index in [9.17, 15) is 25.4 Å². The lowest BCUT2D eigenvalue weighted by Gasteiger charge is -2.02. The first kappa shape index (κ1) is 12.4. The zero-order valence-electron chi connectivity index (χ0n) is 9.47. The Kier molecular flexibility index (Phi) is 2.83. The normalized spacial score (nSPS) is 10.4. The van der Waals surface area contributed by atoms with Crippen LogP contribution in [0.25, 0.3) is 11.3 Å². The van der Waals surface area contributed by atoms with Gasteiger partial charge in [0.05, 0.1) is 9.85 Å². The van der Waals surface area contributed by atoms with Crippen LogP contribution in [0.5, 0.6) is 0 Å². The van der Waals surface area contributed by atoms with E-state index in [-0.39, 0.29) is 21.7 Å². The Morgan fingerprint density at radius 3 is 2.11 bits per heavy atom. The summed E-state index contributed by atoms with van der Waals surface area (Å²) in [6, 6.07) is 2.12. The summed E-state index contributed by atoms with van der Waals surface area (Å²) < 4.78 is 4.22. The van der Waals surface area contributed by atoms with Gasteiger partial charge in [0, 0.05) is 22.9 Å². The molecule has 0 N–H and O–H groups in total. The molecule has 98 valence electrons. The van der Waals surface area contributed by atoms with Gasteiger partial charge < -0.3 is 5.21 Å². The number of nitrogens with zero attached hydrogens (tertiary/aromatic N) is 4. The van der Waals surface area contributed by atoms with Gasteiger partial charge in [-0.1, -0.05) is 0 Å². The molecule has 0 amide bonds. The van der Waals surface area contributed by atoms with Crippen LogP contribution in [0.4, 0.5) is 11.4 Å². The van der Waals surface area contributed by atoms with Crippen LogP contribution in [0, 0.1) is 32.4 Å². The quantitative estimate of drug-likeness (QED) is 0.460. The lowest BCUT2D eigenvalue weighted by molar-refractivity contribution is -0.793. The van der Waals surface area contributed by atoms with Crippen molar-refractivity contribution in [2.24, 2.45) is 0 Å². The number of aromatic nitrogens is 2. The molecule has 0 aliphatic carbocycles. The molecule has 1 aromatic heterocycles. The van der Waals surface area contributed by atoms with Crippen molar-refractivity contribution in [1.29, 1.82) is 0 Å². The van der Waals surface area contributed by atoms with Crippen LogP contribution in [0.15, 0.2) is 23.0 Å². The Morgan fingerprint density at radius 1 is 1.21 bits per heavy atom. The standard InChI is InChI=1S/C9H6N4O6/c1-5-7(11(14)15)2-6(3-8(5)12(16)17)9-4-10-19-13(9)18/h2-4H,1H3. The van der Waals surface area contributed by atoms with Crippen LogP contribution < -0.4 is 4.90 Å². The molecule has 2 rings (SSSR count). The van der Waals surface area contributed by atoms with Crippen molar-refractivity contribution in [3.8, 4) is 11.3 Å². The maximum Gasteiger partial charge on any atom is 0.279 e. The van der Waals surface area contributed by atoms with E-state index in [1.165, 1.54) is 6.92 Å². The molecular formula is C9H6N4O6. The van der Waals surface area contributed by atoms with Crippen LogP contribution in [-0.2, 0) is 0 Å². The Morgan fingerprint density at radius 2 is 1.74 bits per heavy atom. The minimum Gasteiger partial charge on any atom is -0.359 e. The summed E-state index contributed by atoms with van der Waals surface area (Å²) in [7, 11) is 0. The fraction of sp³-hybridized carbons (Fsp3) is 0.111. The van der Waals surface area contributed by atoms with Crippen molar-refractivity contribution in [2.45, 2.75) is 6.92 Å². The molecule has 0 spiro atoms. The van der Waals surface area contributed by atoms with E-state index in [1.54, 1.807) is 0 Å². The molecule has 0 aliphatic rings. The molecule has 0 aliphatic heterocycles. The van der Waals surface area contributed by atoms with Gasteiger partial charge in [-0.05, 0) is 11.8 Å². The van der Waals surface area contributed by atoms with E-state index in [0.717, 1.165) is 18.3 Å². The second-order valence-corrected chi connectivity index (χ2v) is 3.61. The molecule has 0 unspecified atom stereocenters. The Balaban J connectivity index is 2.74. The number of hydrogen-bond donors (Lipinski definition) is 0. The first-order valence-corrected chi connectivity index (χ1v) is 4.90. The van der Waals surface area contributed by atoms with E-state index in [1.807, 2.05) is 0 Å². The number of nitro benzene ring substituents is 2.